The van der Waals surface area contributed by atoms with Crippen molar-refractivity contribution >= 4 is 5.69 Å². The van der Waals surface area contributed by atoms with Gasteiger partial charge in [-0.3, -0.25) is 4.79 Å². The summed E-state index contributed by atoms with van der Waals surface area (Å²) in [5.74, 6) is -1.43. The molecule has 1 saturated carbocycles. The zero-order valence-electron chi connectivity index (χ0n) is 14.1. The minimum Gasteiger partial charge on any atom is -0.388 e. The number of nitrogens with zero attached hydrogens (tertiary/aromatic N) is 2. The first kappa shape index (κ1) is 18.0. The average molecular weight is 383 g/mol. The van der Waals surface area contributed by atoms with E-state index in [1.807, 2.05) is 0 Å². The Morgan fingerprint density at radius 1 is 1.33 bits per heavy atom. The van der Waals surface area contributed by atoms with E-state index in [1.165, 1.54) is 18.5 Å². The van der Waals surface area contributed by atoms with Gasteiger partial charge in [-0.15, -0.1) is 0 Å². The van der Waals surface area contributed by atoms with Gasteiger partial charge in [0.2, 0.25) is 0 Å². The number of rotatable bonds is 3. The molecule has 2 aromatic rings. The summed E-state index contributed by atoms with van der Waals surface area (Å²) in [4.78, 5) is 19.6. The van der Waals surface area contributed by atoms with Crippen LogP contribution in [-0.2, 0) is 6.18 Å². The Bertz CT molecular complexity index is 913. The van der Waals surface area contributed by atoms with Crippen LogP contribution in [0.1, 0.15) is 30.2 Å². The maximum atomic E-state index is 13.7. The van der Waals surface area contributed by atoms with Gasteiger partial charge in [-0.25, -0.2) is 9.37 Å². The molecule has 0 radical (unpaired) electrons. The van der Waals surface area contributed by atoms with Gasteiger partial charge in [0, 0.05) is 48.6 Å². The Hall–Kier alpha value is -2.42. The third-order valence-corrected chi connectivity index (χ3v) is 5.52. The Balaban J connectivity index is 1.38. The Morgan fingerprint density at radius 2 is 2.04 bits per heavy atom. The molecule has 2 aliphatic rings. The van der Waals surface area contributed by atoms with E-state index in [4.69, 9.17) is 0 Å². The number of aromatic nitrogens is 2. The number of aliphatic hydroxyl groups is 1. The van der Waals surface area contributed by atoms with Crippen molar-refractivity contribution in [2.75, 3.05) is 18.0 Å². The van der Waals surface area contributed by atoms with Crippen molar-refractivity contribution in [1.82, 2.24) is 9.97 Å². The summed E-state index contributed by atoms with van der Waals surface area (Å²) < 4.78 is 51.4. The normalized spacial score (nSPS) is 20.3. The van der Waals surface area contributed by atoms with Crippen LogP contribution in [0.2, 0.25) is 0 Å². The van der Waals surface area contributed by atoms with Gasteiger partial charge in [-0.1, -0.05) is 0 Å². The third-order valence-electron chi connectivity index (χ3n) is 5.52. The van der Waals surface area contributed by atoms with Crippen molar-refractivity contribution in [2.24, 2.45) is 11.3 Å². The lowest BCUT2D eigenvalue weighted by Gasteiger charge is -2.60. The summed E-state index contributed by atoms with van der Waals surface area (Å²) >= 11 is 0. The Morgan fingerprint density at radius 3 is 2.63 bits per heavy atom. The van der Waals surface area contributed by atoms with E-state index in [0.717, 1.165) is 12.3 Å². The second kappa shape index (κ2) is 6.05. The van der Waals surface area contributed by atoms with Crippen LogP contribution in [0.25, 0.3) is 0 Å². The van der Waals surface area contributed by atoms with Gasteiger partial charge in [0.1, 0.15) is 0 Å². The van der Waals surface area contributed by atoms with E-state index >= 15 is 0 Å². The van der Waals surface area contributed by atoms with E-state index in [2.05, 4.69) is 9.97 Å². The maximum absolute atomic E-state index is 13.7. The molecule has 1 unspecified atom stereocenters. The summed E-state index contributed by atoms with van der Waals surface area (Å²) in [7, 11) is 0. The Labute approximate surface area is 151 Å². The molecule has 0 amide bonds. The van der Waals surface area contributed by atoms with Gasteiger partial charge in [-0.2, -0.15) is 13.2 Å². The van der Waals surface area contributed by atoms with E-state index < -0.39 is 23.8 Å². The summed E-state index contributed by atoms with van der Waals surface area (Å²) in [5, 5.41) is 10.4. The van der Waals surface area contributed by atoms with Gasteiger partial charge in [-0.05, 0) is 18.8 Å². The van der Waals surface area contributed by atoms with Crippen LogP contribution in [0, 0.1) is 17.2 Å². The molecule has 2 fully saturated rings. The molecule has 1 atom stereocenters. The molecule has 27 heavy (non-hydrogen) atoms. The first-order valence-electron chi connectivity index (χ1n) is 8.51. The second-order valence-electron chi connectivity index (χ2n) is 7.45. The molecular formula is C18H17F4N3O2. The van der Waals surface area contributed by atoms with Gasteiger partial charge in [0.05, 0.1) is 18.0 Å². The summed E-state index contributed by atoms with van der Waals surface area (Å²) in [5.41, 5.74) is -1.13. The molecule has 5 nitrogen and oxygen atoms in total. The van der Waals surface area contributed by atoms with Crippen molar-refractivity contribution in [3.05, 3.63) is 58.0 Å². The molecule has 1 aliphatic carbocycles. The number of anilines is 1. The predicted molar refractivity (Wildman–Crippen MR) is 88.6 cm³/mol. The molecule has 9 heteroatoms. The SMILES string of the molecule is O=c1cc[nH]cc1C(O)C1CC2(C1)CN(c1cnc(C(F)(F)F)c(F)c1)C2. The molecule has 1 aliphatic heterocycles. The average Bonchev–Trinajstić information content (AvgIpc) is 2.51. The highest BCUT2D eigenvalue weighted by molar-refractivity contribution is 5.49. The smallest absolute Gasteiger partial charge is 0.388 e. The lowest BCUT2D eigenvalue weighted by Crippen LogP contribution is -2.63. The van der Waals surface area contributed by atoms with Crippen LogP contribution >= 0.6 is 0 Å². The van der Waals surface area contributed by atoms with E-state index in [-0.39, 0.29) is 16.8 Å². The van der Waals surface area contributed by atoms with Crippen molar-refractivity contribution in [3.8, 4) is 0 Å². The summed E-state index contributed by atoms with van der Waals surface area (Å²) in [6.07, 6.45) is -0.215. The molecule has 2 aromatic heterocycles. The molecule has 3 heterocycles. The highest BCUT2D eigenvalue weighted by atomic mass is 19.4. The summed E-state index contributed by atoms with van der Waals surface area (Å²) in [6.45, 7) is 1.13. The minimum atomic E-state index is -4.81. The molecule has 0 bridgehead atoms. The van der Waals surface area contributed by atoms with Crippen LogP contribution in [-0.4, -0.2) is 28.2 Å². The van der Waals surface area contributed by atoms with Crippen LogP contribution in [0.4, 0.5) is 23.2 Å². The fourth-order valence-electron chi connectivity index (χ4n) is 4.20. The lowest BCUT2D eigenvalue weighted by atomic mass is 9.56. The van der Waals surface area contributed by atoms with Crippen molar-refractivity contribution in [1.29, 1.82) is 0 Å². The van der Waals surface area contributed by atoms with Crippen LogP contribution in [0.5, 0.6) is 0 Å². The number of hydrogen-bond donors (Lipinski definition) is 2. The quantitative estimate of drug-likeness (QED) is 0.800. The lowest BCUT2D eigenvalue weighted by molar-refractivity contribution is -0.143. The topological polar surface area (TPSA) is 69.2 Å². The number of aliphatic hydroxyl groups excluding tert-OH is 1. The Kier molecular flexibility index (Phi) is 4.03. The third kappa shape index (κ3) is 3.09. The molecule has 1 saturated heterocycles. The number of nitrogens with one attached hydrogen (secondary N) is 1. The van der Waals surface area contributed by atoms with Crippen molar-refractivity contribution in [2.45, 2.75) is 25.1 Å². The van der Waals surface area contributed by atoms with E-state index in [9.17, 15) is 27.5 Å². The van der Waals surface area contributed by atoms with Crippen LogP contribution < -0.4 is 10.3 Å². The van der Waals surface area contributed by atoms with Gasteiger partial charge in [0.15, 0.2) is 16.9 Å². The molecule has 144 valence electrons. The highest BCUT2D eigenvalue weighted by Gasteiger charge is 2.54. The number of halogens is 4. The predicted octanol–water partition coefficient (Wildman–Crippen LogP) is 2.88. The fraction of sp³-hybridized carbons (Fsp3) is 0.444. The van der Waals surface area contributed by atoms with Crippen LogP contribution in [0.15, 0.2) is 35.5 Å². The zero-order chi connectivity index (χ0) is 19.4. The summed E-state index contributed by atoms with van der Waals surface area (Å²) in [6, 6.07) is 2.22. The highest BCUT2D eigenvalue weighted by Crippen LogP contribution is 2.56. The first-order chi connectivity index (χ1) is 12.7. The minimum absolute atomic E-state index is 0.0434. The van der Waals surface area contributed by atoms with Gasteiger partial charge < -0.3 is 15.0 Å². The number of alkyl halides is 3. The first-order valence-corrected chi connectivity index (χ1v) is 8.51. The van der Waals surface area contributed by atoms with Crippen molar-refractivity contribution < 1.29 is 22.7 Å². The number of H-pyrrole nitrogens is 1. The molecule has 2 N–H and O–H groups in total. The monoisotopic (exact) mass is 383 g/mol. The van der Waals surface area contributed by atoms with Gasteiger partial charge >= 0.3 is 6.18 Å². The molecular weight excluding hydrogens is 366 g/mol. The maximum Gasteiger partial charge on any atom is 0.436 e. The van der Waals surface area contributed by atoms with E-state index in [1.54, 1.807) is 4.90 Å². The number of pyridine rings is 2. The molecule has 1 spiro atoms. The number of aromatic amines is 1. The fourth-order valence-corrected chi connectivity index (χ4v) is 4.20. The molecule has 4 rings (SSSR count). The van der Waals surface area contributed by atoms with Gasteiger partial charge in [0.25, 0.3) is 0 Å². The second-order valence-corrected chi connectivity index (χ2v) is 7.45. The molecule has 0 aromatic carbocycles. The standard InChI is InChI=1S/C18H17F4N3O2/c19-13-3-11(6-24-16(13)18(20,21)22)25-8-17(9-25)4-10(5-17)15(27)12-7-23-2-1-14(12)26/h1-3,6-7,10,15,27H,4-5,8-9H2,(H,23,26). The number of hydrogen-bond acceptors (Lipinski definition) is 4. The zero-order valence-corrected chi connectivity index (χ0v) is 14.1. The van der Waals surface area contributed by atoms with Crippen molar-refractivity contribution in [3.63, 3.8) is 0 Å². The van der Waals surface area contributed by atoms with Crippen LogP contribution in [0.3, 0.4) is 0 Å². The van der Waals surface area contributed by atoms with E-state index in [0.29, 0.717) is 37.2 Å². The largest absolute Gasteiger partial charge is 0.436 e.